The molecule has 3 amide bonds. The van der Waals surface area contributed by atoms with Crippen molar-refractivity contribution in [1.82, 2.24) is 14.9 Å². The van der Waals surface area contributed by atoms with Gasteiger partial charge in [-0.05, 0) is 75.9 Å². The molecule has 49 heavy (non-hydrogen) atoms. The lowest BCUT2D eigenvalue weighted by molar-refractivity contribution is -0.132. The minimum Gasteiger partial charge on any atom is -0.444 e. The Morgan fingerprint density at radius 2 is 1.55 bits per heavy atom. The zero-order valence-corrected chi connectivity index (χ0v) is 29.4. The first-order valence-corrected chi connectivity index (χ1v) is 18.0. The molecule has 258 valence electrons. The van der Waals surface area contributed by atoms with E-state index in [1.54, 1.807) is 60.9 Å². The molecule has 11 heteroatoms. The van der Waals surface area contributed by atoms with Crippen molar-refractivity contribution in [3.63, 3.8) is 0 Å². The van der Waals surface area contributed by atoms with E-state index in [0.717, 1.165) is 5.56 Å². The van der Waals surface area contributed by atoms with Crippen molar-refractivity contribution in [1.29, 1.82) is 0 Å². The molecule has 1 heterocycles. The SMILES string of the molecule is CCC1CN(C(=O)CNC(=O)OC(C)(C)C)CCC1NS(=O)(=O)c1ccc(N(C(=O)c2ccccc2C)c2ccccc2)c2ccccc12. The van der Waals surface area contributed by atoms with E-state index in [9.17, 15) is 22.8 Å². The number of aryl methyl sites for hydroxylation is 1. The lowest BCUT2D eigenvalue weighted by atomic mass is 9.90. The van der Waals surface area contributed by atoms with E-state index in [2.05, 4.69) is 10.0 Å². The number of carbonyl (C=O) groups excluding carboxylic acids is 3. The Morgan fingerprint density at radius 1 is 0.898 bits per heavy atom. The molecule has 2 N–H and O–H groups in total. The predicted molar refractivity (Wildman–Crippen MR) is 191 cm³/mol. The summed E-state index contributed by atoms with van der Waals surface area (Å²) < 4.78 is 36.4. The lowest BCUT2D eigenvalue weighted by Crippen LogP contribution is -2.53. The Bertz CT molecular complexity index is 1940. The van der Waals surface area contributed by atoms with E-state index in [1.165, 1.54) is 0 Å². The van der Waals surface area contributed by atoms with Crippen LogP contribution < -0.4 is 14.9 Å². The first-order valence-electron chi connectivity index (χ1n) is 16.5. The molecule has 1 aliphatic rings. The maximum Gasteiger partial charge on any atom is 0.408 e. The van der Waals surface area contributed by atoms with E-state index < -0.39 is 27.8 Å². The smallest absolute Gasteiger partial charge is 0.408 e. The van der Waals surface area contributed by atoms with Crippen LogP contribution in [0.2, 0.25) is 0 Å². The van der Waals surface area contributed by atoms with Gasteiger partial charge in [0.2, 0.25) is 15.9 Å². The van der Waals surface area contributed by atoms with Gasteiger partial charge in [0.25, 0.3) is 5.91 Å². The number of benzene rings is 4. The number of carbonyl (C=O) groups is 3. The summed E-state index contributed by atoms with van der Waals surface area (Å²) in [5.74, 6) is -0.619. The molecule has 2 unspecified atom stereocenters. The van der Waals surface area contributed by atoms with E-state index in [-0.39, 0.29) is 29.2 Å². The molecule has 4 aromatic carbocycles. The largest absolute Gasteiger partial charge is 0.444 e. The monoisotopic (exact) mass is 684 g/mol. The van der Waals surface area contributed by atoms with Gasteiger partial charge in [-0.2, -0.15) is 0 Å². The molecule has 2 atom stereocenters. The van der Waals surface area contributed by atoms with Crippen LogP contribution in [0.5, 0.6) is 0 Å². The van der Waals surface area contributed by atoms with Gasteiger partial charge in [0.1, 0.15) is 12.1 Å². The average Bonchev–Trinajstić information content (AvgIpc) is 3.07. The number of anilines is 2. The summed E-state index contributed by atoms with van der Waals surface area (Å²) in [6, 6.07) is 26.7. The van der Waals surface area contributed by atoms with Gasteiger partial charge in [-0.1, -0.05) is 74.0 Å². The molecule has 0 bridgehead atoms. The number of rotatable bonds is 9. The fourth-order valence-electron chi connectivity index (χ4n) is 6.22. The number of hydrogen-bond acceptors (Lipinski definition) is 6. The topological polar surface area (TPSA) is 125 Å². The lowest BCUT2D eigenvalue weighted by Gasteiger charge is -2.38. The van der Waals surface area contributed by atoms with Crippen molar-refractivity contribution >= 4 is 50.1 Å². The number of piperidine rings is 1. The second kappa shape index (κ2) is 14.8. The normalized spacial score (nSPS) is 16.6. The molecule has 0 aliphatic carbocycles. The number of likely N-dealkylation sites (tertiary alicyclic amines) is 1. The number of ether oxygens (including phenoxy) is 1. The highest BCUT2D eigenvalue weighted by atomic mass is 32.2. The number of alkyl carbamates (subject to hydrolysis) is 1. The van der Waals surface area contributed by atoms with Gasteiger partial charge in [0, 0.05) is 41.2 Å². The van der Waals surface area contributed by atoms with Crippen LogP contribution in [0.1, 0.15) is 56.5 Å². The predicted octanol–water partition coefficient (Wildman–Crippen LogP) is 6.56. The summed E-state index contributed by atoms with van der Waals surface area (Å²) in [5, 5.41) is 3.61. The number of para-hydroxylation sites is 1. The first-order chi connectivity index (χ1) is 23.3. The fraction of sp³-hybridized carbons (Fsp3) is 0.342. The van der Waals surface area contributed by atoms with Crippen molar-refractivity contribution < 1.29 is 27.5 Å². The van der Waals surface area contributed by atoms with Crippen molar-refractivity contribution in [2.75, 3.05) is 24.5 Å². The van der Waals surface area contributed by atoms with Crippen molar-refractivity contribution in [3.05, 3.63) is 102 Å². The van der Waals surface area contributed by atoms with Gasteiger partial charge < -0.3 is 15.0 Å². The second-order valence-electron chi connectivity index (χ2n) is 13.3. The van der Waals surface area contributed by atoms with E-state index in [4.69, 9.17) is 4.74 Å². The van der Waals surface area contributed by atoms with E-state index in [0.29, 0.717) is 53.6 Å². The standard InChI is InChI=1S/C38H44N4O6S/c1-6-27-25-41(35(43)24-39-37(45)48-38(3,4)5)23-22-32(27)40-49(46,47)34-21-20-33(30-18-12-13-19-31(30)34)42(28-15-8-7-9-16-28)36(44)29-17-11-10-14-26(29)2/h7-21,27,32,40H,6,22-25H2,1-5H3,(H,39,45). The quantitative estimate of drug-likeness (QED) is 0.206. The van der Waals surface area contributed by atoms with Crippen LogP contribution in [0.25, 0.3) is 10.8 Å². The van der Waals surface area contributed by atoms with E-state index >= 15 is 0 Å². The van der Waals surface area contributed by atoms with E-state index in [1.807, 2.05) is 74.5 Å². The number of nitrogens with zero attached hydrogens (tertiary/aromatic N) is 2. The number of nitrogens with one attached hydrogen (secondary N) is 2. The molecule has 0 spiro atoms. The van der Waals surface area contributed by atoms with Gasteiger partial charge in [-0.15, -0.1) is 0 Å². The Hall–Kier alpha value is -4.74. The van der Waals surface area contributed by atoms with Gasteiger partial charge in [0.15, 0.2) is 0 Å². The summed E-state index contributed by atoms with van der Waals surface area (Å²) in [6.45, 7) is 9.58. The third-order valence-electron chi connectivity index (χ3n) is 8.68. The summed E-state index contributed by atoms with van der Waals surface area (Å²) >= 11 is 0. The fourth-order valence-corrected chi connectivity index (χ4v) is 7.78. The second-order valence-corrected chi connectivity index (χ2v) is 15.0. The highest BCUT2D eigenvalue weighted by Gasteiger charge is 2.34. The summed E-state index contributed by atoms with van der Waals surface area (Å²) in [7, 11) is -4.02. The summed E-state index contributed by atoms with van der Waals surface area (Å²) in [6.07, 6.45) is 0.391. The van der Waals surface area contributed by atoms with Crippen molar-refractivity contribution in [3.8, 4) is 0 Å². The Morgan fingerprint density at radius 3 is 2.22 bits per heavy atom. The first kappa shape index (κ1) is 35.6. The Kier molecular flexibility index (Phi) is 10.7. The summed E-state index contributed by atoms with van der Waals surface area (Å²) in [5.41, 5.74) is 1.92. The Balaban J connectivity index is 1.40. The minimum atomic E-state index is -4.02. The molecule has 0 radical (unpaired) electrons. The molecule has 1 aliphatic heterocycles. The number of hydrogen-bond donors (Lipinski definition) is 2. The molecular weight excluding hydrogens is 641 g/mol. The minimum absolute atomic E-state index is 0.109. The molecule has 0 aromatic heterocycles. The van der Waals surface area contributed by atoms with Crippen molar-refractivity contribution in [2.24, 2.45) is 5.92 Å². The van der Waals surface area contributed by atoms with Crippen LogP contribution in [0.15, 0.2) is 95.9 Å². The molecule has 0 saturated carbocycles. The number of amides is 3. The molecule has 1 fully saturated rings. The van der Waals surface area contributed by atoms with Crippen LogP contribution in [-0.2, 0) is 19.6 Å². The molecular formula is C38H44N4O6S. The Labute approximate surface area is 288 Å². The van der Waals surface area contributed by atoms with Crippen LogP contribution in [0.3, 0.4) is 0 Å². The third kappa shape index (κ3) is 8.29. The maximum atomic E-state index is 14.2. The molecule has 5 rings (SSSR count). The van der Waals surface area contributed by atoms with Crippen LogP contribution in [-0.4, -0.2) is 62.5 Å². The molecule has 4 aromatic rings. The van der Waals surface area contributed by atoms with Gasteiger partial charge in [-0.3, -0.25) is 14.5 Å². The van der Waals surface area contributed by atoms with Crippen LogP contribution in [0.4, 0.5) is 16.2 Å². The van der Waals surface area contributed by atoms with Gasteiger partial charge in [0.05, 0.1) is 10.6 Å². The van der Waals surface area contributed by atoms with Gasteiger partial charge in [-0.25, -0.2) is 17.9 Å². The average molecular weight is 685 g/mol. The zero-order valence-electron chi connectivity index (χ0n) is 28.6. The number of fused-ring (bicyclic) bond motifs is 1. The molecule has 10 nitrogen and oxygen atoms in total. The summed E-state index contributed by atoms with van der Waals surface area (Å²) in [4.78, 5) is 42.5. The highest BCUT2D eigenvalue weighted by Crippen LogP contribution is 2.37. The zero-order chi connectivity index (χ0) is 35.3. The number of sulfonamides is 1. The van der Waals surface area contributed by atoms with Crippen LogP contribution >= 0.6 is 0 Å². The maximum absolute atomic E-state index is 14.2. The van der Waals surface area contributed by atoms with Crippen molar-refractivity contribution in [2.45, 2.75) is 64.0 Å². The molecule has 1 saturated heterocycles. The van der Waals surface area contributed by atoms with Gasteiger partial charge >= 0.3 is 6.09 Å². The third-order valence-corrected chi connectivity index (χ3v) is 10.2. The highest BCUT2D eigenvalue weighted by molar-refractivity contribution is 7.89. The van der Waals surface area contributed by atoms with Crippen LogP contribution in [0, 0.1) is 12.8 Å².